The lowest BCUT2D eigenvalue weighted by molar-refractivity contribution is 0.235. The molecule has 1 atom stereocenters. The van der Waals surface area contributed by atoms with Crippen molar-refractivity contribution in [3.63, 3.8) is 0 Å². The van der Waals surface area contributed by atoms with Crippen molar-refractivity contribution < 1.29 is 14.3 Å². The fraction of sp³-hybridized carbons (Fsp3) is 0.182. The maximum Gasteiger partial charge on any atom is 0.145 e. The maximum absolute atomic E-state index is 13.1. The summed E-state index contributed by atoms with van der Waals surface area (Å²) >= 11 is 0. The van der Waals surface area contributed by atoms with E-state index < -0.39 is 0 Å². The largest absolute Gasteiger partial charge is 0.495 e. The summed E-state index contributed by atoms with van der Waals surface area (Å²) in [6.45, 7) is 3.79. The van der Waals surface area contributed by atoms with E-state index in [0.717, 1.165) is 22.5 Å². The first-order valence-corrected chi connectivity index (χ1v) is 9.10. The average Bonchev–Trinajstić information content (AvgIpc) is 3.17. The Kier molecular flexibility index (Phi) is 6.41. The predicted octanol–water partition coefficient (Wildman–Crippen LogP) is 4.48. The number of nitrogens with one attached hydrogen (secondary N) is 1. The van der Waals surface area contributed by atoms with Crippen LogP contribution < -0.4 is 10.2 Å². The molecule has 0 saturated heterocycles. The highest BCUT2D eigenvalue weighted by Gasteiger charge is 2.07. The van der Waals surface area contributed by atoms with E-state index in [2.05, 4.69) is 15.5 Å². The first kappa shape index (κ1) is 20.3. The minimum Gasteiger partial charge on any atom is -0.495 e. The number of aromatic nitrogens is 2. The van der Waals surface area contributed by atoms with Crippen molar-refractivity contribution >= 4 is 11.9 Å². The monoisotopic (exact) mass is 394 g/mol. The molecule has 1 heterocycles. The molecular formula is C22H23FN4O2. The fourth-order valence-electron chi connectivity index (χ4n) is 2.87. The van der Waals surface area contributed by atoms with E-state index >= 15 is 0 Å². The van der Waals surface area contributed by atoms with E-state index in [-0.39, 0.29) is 17.7 Å². The van der Waals surface area contributed by atoms with E-state index in [0.29, 0.717) is 5.75 Å². The molecule has 6 nitrogen and oxygen atoms in total. The van der Waals surface area contributed by atoms with Crippen LogP contribution in [0.2, 0.25) is 0 Å². The van der Waals surface area contributed by atoms with Crippen LogP contribution in [0.5, 0.6) is 5.75 Å². The van der Waals surface area contributed by atoms with Gasteiger partial charge in [-0.1, -0.05) is 24.3 Å². The van der Waals surface area contributed by atoms with Gasteiger partial charge in [-0.2, -0.15) is 0 Å². The predicted molar refractivity (Wildman–Crippen MR) is 111 cm³/mol. The molecule has 150 valence electrons. The molecule has 0 spiro atoms. The second-order valence-corrected chi connectivity index (χ2v) is 6.54. The van der Waals surface area contributed by atoms with Crippen LogP contribution in [0.3, 0.4) is 0 Å². The highest BCUT2D eigenvalue weighted by Crippen LogP contribution is 2.25. The molecular weight excluding hydrogens is 371 g/mol. The summed E-state index contributed by atoms with van der Waals surface area (Å²) in [5.74, 6) is 0.684. The van der Waals surface area contributed by atoms with Gasteiger partial charge in [0.25, 0.3) is 0 Å². The maximum atomic E-state index is 13.1. The summed E-state index contributed by atoms with van der Waals surface area (Å²) < 4.78 is 20.5. The third-order valence-corrected chi connectivity index (χ3v) is 4.43. The van der Waals surface area contributed by atoms with Gasteiger partial charge in [0.1, 0.15) is 17.4 Å². The number of aliphatic imine (C=N–C) groups is 1. The molecule has 1 aromatic heterocycles. The zero-order chi connectivity index (χ0) is 20.8. The van der Waals surface area contributed by atoms with E-state index in [1.165, 1.54) is 12.1 Å². The van der Waals surface area contributed by atoms with Crippen LogP contribution in [-0.4, -0.2) is 27.7 Å². The number of benzene rings is 2. The molecule has 0 bridgehead atoms. The van der Waals surface area contributed by atoms with Crippen LogP contribution in [0, 0.1) is 12.7 Å². The third kappa shape index (κ3) is 5.08. The summed E-state index contributed by atoms with van der Waals surface area (Å²) in [5.41, 5.74) is 5.61. The van der Waals surface area contributed by atoms with Crippen molar-refractivity contribution in [1.82, 2.24) is 15.0 Å². The Morgan fingerprint density at radius 1 is 1.28 bits per heavy atom. The van der Waals surface area contributed by atoms with Crippen molar-refractivity contribution in [2.45, 2.75) is 19.9 Å². The summed E-state index contributed by atoms with van der Waals surface area (Å²) in [4.78, 5) is 8.66. The zero-order valence-electron chi connectivity index (χ0n) is 16.5. The van der Waals surface area contributed by atoms with Gasteiger partial charge in [0.05, 0.1) is 30.9 Å². The third-order valence-electron chi connectivity index (χ3n) is 4.43. The van der Waals surface area contributed by atoms with Gasteiger partial charge in [-0.25, -0.2) is 9.37 Å². The molecule has 3 rings (SSSR count). The number of ether oxygens (including phenoxy) is 1. The first-order chi connectivity index (χ1) is 14.0. The van der Waals surface area contributed by atoms with Crippen molar-refractivity contribution in [2.24, 2.45) is 4.99 Å². The van der Waals surface area contributed by atoms with Crippen LogP contribution in [0.25, 0.3) is 11.8 Å². The Balaban J connectivity index is 1.80. The average molecular weight is 394 g/mol. The summed E-state index contributed by atoms with van der Waals surface area (Å²) in [5, 5.41) is 9.41. The van der Waals surface area contributed by atoms with Gasteiger partial charge >= 0.3 is 0 Å². The van der Waals surface area contributed by atoms with Crippen molar-refractivity contribution in [2.75, 3.05) is 7.11 Å². The number of hydroxylamine groups is 1. The molecule has 0 amide bonds. The molecule has 2 aromatic carbocycles. The second-order valence-electron chi connectivity index (χ2n) is 6.54. The van der Waals surface area contributed by atoms with Crippen molar-refractivity contribution in [3.8, 4) is 11.4 Å². The Morgan fingerprint density at radius 2 is 2.03 bits per heavy atom. The lowest BCUT2D eigenvalue weighted by atomic mass is 10.1. The molecule has 0 aliphatic heterocycles. The number of nitrogens with zero attached hydrogens (tertiary/aromatic N) is 3. The first-order valence-electron chi connectivity index (χ1n) is 9.10. The number of halogens is 1. The molecule has 1 unspecified atom stereocenters. The van der Waals surface area contributed by atoms with Crippen LogP contribution in [0.4, 0.5) is 4.39 Å². The minimum atomic E-state index is -0.298. The fourth-order valence-corrected chi connectivity index (χ4v) is 2.87. The van der Waals surface area contributed by atoms with Crippen LogP contribution in [0.1, 0.15) is 29.8 Å². The van der Waals surface area contributed by atoms with Crippen molar-refractivity contribution in [3.05, 3.63) is 83.7 Å². The standard InChI is InChI=1S/C22H23FN4O2/c1-15-13-27(14-24-15)20-10-4-17(12-21(20)29-3)5-11-22(26-28)25-16(2)18-6-8-19(23)9-7-18/h4-14,16,28H,1-3H3,(H,25,26). The Morgan fingerprint density at radius 3 is 2.66 bits per heavy atom. The number of hydrogen-bond acceptors (Lipinski definition) is 4. The SMILES string of the molecule is COc1cc(C=CC(=NC(C)c2ccc(F)cc2)NO)ccc1-n1cnc(C)c1. The molecule has 29 heavy (non-hydrogen) atoms. The number of aryl methyl sites for hydroxylation is 1. The molecule has 0 radical (unpaired) electrons. The molecule has 0 saturated carbocycles. The van der Waals surface area contributed by atoms with Crippen LogP contribution in [-0.2, 0) is 0 Å². The number of imidazole rings is 1. The van der Waals surface area contributed by atoms with Gasteiger partial charge in [-0.15, -0.1) is 0 Å². The Bertz CT molecular complexity index is 1030. The van der Waals surface area contributed by atoms with E-state index in [4.69, 9.17) is 4.74 Å². The number of amidine groups is 1. The lowest BCUT2D eigenvalue weighted by Crippen LogP contribution is -2.17. The normalized spacial score (nSPS) is 12.9. The second kappa shape index (κ2) is 9.16. The molecule has 2 N–H and O–H groups in total. The van der Waals surface area contributed by atoms with Crippen molar-refractivity contribution in [1.29, 1.82) is 0 Å². The number of methoxy groups -OCH3 is 1. The quantitative estimate of drug-likeness (QED) is 0.367. The smallest absolute Gasteiger partial charge is 0.145 e. The highest BCUT2D eigenvalue weighted by atomic mass is 19.1. The Labute approximate surface area is 169 Å². The van der Waals surface area contributed by atoms with Crippen LogP contribution >= 0.6 is 0 Å². The zero-order valence-corrected chi connectivity index (χ0v) is 16.5. The lowest BCUT2D eigenvalue weighted by Gasteiger charge is -2.10. The van der Waals surface area contributed by atoms with Gasteiger partial charge < -0.3 is 9.30 Å². The van der Waals surface area contributed by atoms with E-state index in [1.807, 2.05) is 48.9 Å². The molecule has 0 fully saturated rings. The summed E-state index contributed by atoms with van der Waals surface area (Å²) in [6, 6.07) is 11.6. The minimum absolute atomic E-state index is 0.253. The number of rotatable bonds is 6. The van der Waals surface area contributed by atoms with Gasteiger partial charge in [0.2, 0.25) is 0 Å². The summed E-state index contributed by atoms with van der Waals surface area (Å²) in [6.07, 6.45) is 7.13. The topological polar surface area (TPSA) is 71.7 Å². The Hall–Kier alpha value is -3.45. The summed E-state index contributed by atoms with van der Waals surface area (Å²) in [7, 11) is 1.61. The van der Waals surface area contributed by atoms with E-state index in [9.17, 15) is 9.60 Å². The van der Waals surface area contributed by atoms with E-state index in [1.54, 1.807) is 31.6 Å². The molecule has 7 heteroatoms. The van der Waals surface area contributed by atoms with Gasteiger partial charge in [-0.3, -0.25) is 15.7 Å². The van der Waals surface area contributed by atoms with Gasteiger partial charge in [-0.05, 0) is 55.3 Å². The highest BCUT2D eigenvalue weighted by molar-refractivity contribution is 5.95. The molecule has 0 aliphatic rings. The molecule has 0 aliphatic carbocycles. The van der Waals surface area contributed by atoms with Crippen LogP contribution in [0.15, 0.2) is 66.1 Å². The van der Waals surface area contributed by atoms with Gasteiger partial charge in [0.15, 0.2) is 0 Å². The molecule has 3 aromatic rings. The number of hydrogen-bond donors (Lipinski definition) is 2. The van der Waals surface area contributed by atoms with Gasteiger partial charge in [0, 0.05) is 6.20 Å².